The predicted molar refractivity (Wildman–Crippen MR) is 78.2 cm³/mol. The molecule has 0 aromatic heterocycles. The van der Waals surface area contributed by atoms with Gasteiger partial charge in [-0.1, -0.05) is 24.6 Å². The lowest BCUT2D eigenvalue weighted by molar-refractivity contribution is -0.120. The Kier molecular flexibility index (Phi) is 5.83. The van der Waals surface area contributed by atoms with E-state index in [4.69, 9.17) is 15.7 Å². The molecule has 6 heteroatoms. The molecule has 0 spiro atoms. The van der Waals surface area contributed by atoms with Crippen LogP contribution in [-0.4, -0.2) is 31.1 Å². The first kappa shape index (κ1) is 15.8. The molecule has 110 valence electrons. The number of benzene rings is 1. The highest BCUT2D eigenvalue weighted by Gasteiger charge is 2.26. The minimum atomic E-state index is -0.624. The van der Waals surface area contributed by atoms with Crippen LogP contribution >= 0.6 is 0 Å². The first-order valence-corrected chi connectivity index (χ1v) is 6.44. The van der Waals surface area contributed by atoms with Gasteiger partial charge >= 0.3 is 0 Å². The van der Waals surface area contributed by atoms with Gasteiger partial charge in [-0.05, 0) is 18.6 Å². The van der Waals surface area contributed by atoms with Crippen LogP contribution in [0.4, 0.5) is 5.69 Å². The first-order chi connectivity index (χ1) is 9.54. The minimum absolute atomic E-state index is 0.0633. The first-order valence-electron chi connectivity index (χ1n) is 6.44. The van der Waals surface area contributed by atoms with Gasteiger partial charge in [0.15, 0.2) is 5.84 Å². The van der Waals surface area contributed by atoms with Crippen LogP contribution in [0.25, 0.3) is 0 Å². The normalized spacial score (nSPS) is 12.8. The molecular weight excluding hydrogens is 258 g/mol. The molecular formula is C14H21N3O3. The number of rotatable bonds is 6. The van der Waals surface area contributed by atoms with Crippen LogP contribution in [-0.2, 0) is 4.79 Å². The molecule has 0 saturated heterocycles. The van der Waals surface area contributed by atoms with E-state index >= 15 is 0 Å². The molecule has 6 nitrogen and oxygen atoms in total. The molecule has 3 N–H and O–H groups in total. The van der Waals surface area contributed by atoms with Crippen LogP contribution in [0.3, 0.4) is 0 Å². The van der Waals surface area contributed by atoms with Crippen molar-refractivity contribution in [2.24, 2.45) is 16.8 Å². The van der Waals surface area contributed by atoms with Gasteiger partial charge in [0.1, 0.15) is 5.75 Å². The molecule has 0 fully saturated rings. The number of hydrogen-bond acceptors (Lipinski definition) is 4. The van der Waals surface area contributed by atoms with Crippen molar-refractivity contribution in [2.45, 2.75) is 19.8 Å². The van der Waals surface area contributed by atoms with Crippen molar-refractivity contribution in [1.82, 2.24) is 0 Å². The molecule has 1 aromatic carbocycles. The third-order valence-corrected chi connectivity index (χ3v) is 3.12. The quantitative estimate of drug-likeness (QED) is 0.360. The van der Waals surface area contributed by atoms with Crippen LogP contribution in [0.15, 0.2) is 29.4 Å². The summed E-state index contributed by atoms with van der Waals surface area (Å²) in [4.78, 5) is 13.9. The van der Waals surface area contributed by atoms with Crippen LogP contribution < -0.4 is 15.4 Å². The molecule has 0 aliphatic carbocycles. The Labute approximate surface area is 118 Å². The summed E-state index contributed by atoms with van der Waals surface area (Å²) >= 11 is 0. The summed E-state index contributed by atoms with van der Waals surface area (Å²) < 4.78 is 5.13. The van der Waals surface area contributed by atoms with Gasteiger partial charge in [0, 0.05) is 18.8 Å². The van der Waals surface area contributed by atoms with Gasteiger partial charge in [-0.25, -0.2) is 0 Å². The number of amides is 1. The maximum Gasteiger partial charge on any atom is 0.237 e. The van der Waals surface area contributed by atoms with Crippen LogP contribution in [0.1, 0.15) is 19.8 Å². The Balaban J connectivity index is 2.98. The highest BCUT2D eigenvalue weighted by Crippen LogP contribution is 2.22. The van der Waals surface area contributed by atoms with E-state index in [1.807, 2.05) is 6.92 Å². The second kappa shape index (κ2) is 7.37. The molecule has 0 aliphatic rings. The summed E-state index contributed by atoms with van der Waals surface area (Å²) in [5.74, 6) is -0.235. The summed E-state index contributed by atoms with van der Waals surface area (Å²) in [6.07, 6.45) is 1.29. The predicted octanol–water partition coefficient (Wildman–Crippen LogP) is 1.82. The topological polar surface area (TPSA) is 88.2 Å². The summed E-state index contributed by atoms with van der Waals surface area (Å²) in [7, 11) is 3.22. The fourth-order valence-electron chi connectivity index (χ4n) is 1.94. The molecule has 1 unspecified atom stereocenters. The number of oxime groups is 1. The van der Waals surface area contributed by atoms with E-state index in [1.165, 1.54) is 4.90 Å². The third-order valence-electron chi connectivity index (χ3n) is 3.12. The van der Waals surface area contributed by atoms with Crippen molar-refractivity contribution >= 4 is 17.4 Å². The van der Waals surface area contributed by atoms with Gasteiger partial charge in [-0.15, -0.1) is 0 Å². The summed E-state index contributed by atoms with van der Waals surface area (Å²) in [5.41, 5.74) is 6.30. The van der Waals surface area contributed by atoms with E-state index in [2.05, 4.69) is 5.16 Å². The molecule has 1 rings (SSSR count). The smallest absolute Gasteiger partial charge is 0.237 e. The molecule has 0 aliphatic heterocycles. The maximum absolute atomic E-state index is 12.4. The highest BCUT2D eigenvalue weighted by molar-refractivity contribution is 6.08. The lowest BCUT2D eigenvalue weighted by Gasteiger charge is -2.23. The molecule has 1 atom stereocenters. The van der Waals surface area contributed by atoms with E-state index in [0.717, 1.165) is 6.42 Å². The van der Waals surface area contributed by atoms with Gasteiger partial charge in [0.2, 0.25) is 5.91 Å². The molecule has 0 bridgehead atoms. The molecule has 0 saturated carbocycles. The van der Waals surface area contributed by atoms with E-state index in [1.54, 1.807) is 38.4 Å². The summed E-state index contributed by atoms with van der Waals surface area (Å²) in [5, 5.41) is 11.7. The lowest BCUT2D eigenvalue weighted by atomic mass is 10.0. The molecule has 0 radical (unpaired) electrons. The molecule has 1 amide bonds. The SMILES string of the molecule is CCCC(C(=O)N(C)c1cccc(OC)c1)C(N)=NO. The lowest BCUT2D eigenvalue weighted by Crippen LogP contribution is -2.40. The summed E-state index contributed by atoms with van der Waals surface area (Å²) in [6.45, 7) is 1.94. The minimum Gasteiger partial charge on any atom is -0.497 e. The van der Waals surface area contributed by atoms with E-state index < -0.39 is 5.92 Å². The second-order valence-corrected chi connectivity index (χ2v) is 4.46. The van der Waals surface area contributed by atoms with Crippen molar-refractivity contribution in [1.29, 1.82) is 0 Å². The zero-order chi connectivity index (χ0) is 15.1. The van der Waals surface area contributed by atoms with Crippen molar-refractivity contribution in [3.8, 4) is 5.75 Å². The Morgan fingerprint density at radius 1 is 1.55 bits per heavy atom. The number of ether oxygens (including phenoxy) is 1. The molecule has 1 aromatic rings. The standard InChI is InChI=1S/C14H21N3O3/c1-4-6-12(13(15)16-19)14(18)17(2)10-7-5-8-11(9-10)20-3/h5,7-9,12,19H,4,6H2,1-3H3,(H2,15,16). The van der Waals surface area contributed by atoms with E-state index in [9.17, 15) is 4.79 Å². The van der Waals surface area contributed by atoms with Gasteiger partial charge in [0.25, 0.3) is 0 Å². The number of hydrogen-bond donors (Lipinski definition) is 2. The Bertz CT molecular complexity index is 488. The molecule has 20 heavy (non-hydrogen) atoms. The number of amidine groups is 1. The number of carbonyl (C=O) groups excluding carboxylic acids is 1. The van der Waals surface area contributed by atoms with E-state index in [0.29, 0.717) is 17.9 Å². The van der Waals surface area contributed by atoms with E-state index in [-0.39, 0.29) is 11.7 Å². The maximum atomic E-state index is 12.4. The zero-order valence-electron chi connectivity index (χ0n) is 12.0. The Hall–Kier alpha value is -2.24. The number of anilines is 1. The molecule has 0 heterocycles. The van der Waals surface area contributed by atoms with Gasteiger partial charge < -0.3 is 20.6 Å². The highest BCUT2D eigenvalue weighted by atomic mass is 16.5. The average Bonchev–Trinajstić information content (AvgIpc) is 2.50. The number of carbonyl (C=O) groups is 1. The number of nitrogens with zero attached hydrogens (tertiary/aromatic N) is 2. The van der Waals surface area contributed by atoms with Crippen LogP contribution in [0, 0.1) is 5.92 Å². The fraction of sp³-hybridized carbons (Fsp3) is 0.429. The monoisotopic (exact) mass is 279 g/mol. The Morgan fingerprint density at radius 3 is 2.80 bits per heavy atom. The van der Waals surface area contributed by atoms with Crippen molar-refractivity contribution in [3.05, 3.63) is 24.3 Å². The van der Waals surface area contributed by atoms with Crippen molar-refractivity contribution < 1.29 is 14.7 Å². The Morgan fingerprint density at radius 2 is 2.25 bits per heavy atom. The number of methoxy groups -OCH3 is 1. The third kappa shape index (κ3) is 3.63. The largest absolute Gasteiger partial charge is 0.497 e. The average molecular weight is 279 g/mol. The van der Waals surface area contributed by atoms with Gasteiger partial charge in [-0.2, -0.15) is 0 Å². The van der Waals surface area contributed by atoms with Gasteiger partial charge in [0.05, 0.1) is 13.0 Å². The van der Waals surface area contributed by atoms with Crippen molar-refractivity contribution in [3.63, 3.8) is 0 Å². The van der Waals surface area contributed by atoms with Gasteiger partial charge in [-0.3, -0.25) is 4.79 Å². The summed E-state index contributed by atoms with van der Waals surface area (Å²) in [6, 6.07) is 7.16. The van der Waals surface area contributed by atoms with Crippen LogP contribution in [0.2, 0.25) is 0 Å². The zero-order valence-corrected chi connectivity index (χ0v) is 12.0. The fourth-order valence-corrected chi connectivity index (χ4v) is 1.94. The van der Waals surface area contributed by atoms with Crippen LogP contribution in [0.5, 0.6) is 5.75 Å². The number of nitrogens with two attached hydrogens (primary N) is 1. The second-order valence-electron chi connectivity index (χ2n) is 4.46. The van der Waals surface area contributed by atoms with Crippen molar-refractivity contribution in [2.75, 3.05) is 19.1 Å².